The van der Waals surface area contributed by atoms with Crippen molar-refractivity contribution in [1.82, 2.24) is 9.78 Å². The minimum absolute atomic E-state index is 0.0364. The van der Waals surface area contributed by atoms with Gasteiger partial charge in [0.2, 0.25) is 0 Å². The Morgan fingerprint density at radius 1 is 1.21 bits per heavy atom. The number of nitrogens with zero attached hydrogens (tertiary/aromatic N) is 3. The Morgan fingerprint density at radius 3 is 2.58 bits per heavy atom. The number of hydrogen-bond donors (Lipinski definition) is 1. The molecule has 0 amide bonds. The highest BCUT2D eigenvalue weighted by Gasteiger charge is 2.30. The maximum Gasteiger partial charge on any atom is 0.287 e. The van der Waals surface area contributed by atoms with Crippen molar-refractivity contribution in [2.75, 3.05) is 30.0 Å². The number of hydrogen-bond acceptors (Lipinski definition) is 5. The van der Waals surface area contributed by atoms with E-state index >= 15 is 0 Å². The quantitative estimate of drug-likeness (QED) is 0.589. The summed E-state index contributed by atoms with van der Waals surface area (Å²) < 4.78 is 20.5. The van der Waals surface area contributed by atoms with Gasteiger partial charge in [-0.15, -0.1) is 0 Å². The molecular weight excluding hydrogens is 443 g/mol. The van der Waals surface area contributed by atoms with Gasteiger partial charge < -0.3 is 15.0 Å². The highest BCUT2D eigenvalue weighted by molar-refractivity contribution is 6.32. The normalized spacial score (nSPS) is 23.5. The number of halogens is 2. The summed E-state index contributed by atoms with van der Waals surface area (Å²) in [6.07, 6.45) is 7.44. The first-order valence-electron chi connectivity index (χ1n) is 12.1. The molecule has 1 aromatic carbocycles. The molecule has 33 heavy (non-hydrogen) atoms. The van der Waals surface area contributed by atoms with Crippen LogP contribution in [0.3, 0.4) is 0 Å². The van der Waals surface area contributed by atoms with Crippen LogP contribution in [0.15, 0.2) is 35.3 Å². The van der Waals surface area contributed by atoms with Crippen molar-refractivity contribution in [2.24, 2.45) is 5.92 Å². The topological polar surface area (TPSA) is 59.4 Å². The first kappa shape index (κ1) is 24.0. The summed E-state index contributed by atoms with van der Waals surface area (Å²) in [5.74, 6) is 0.205. The molecule has 2 aromatic rings. The van der Waals surface area contributed by atoms with Gasteiger partial charge in [-0.05, 0) is 82.6 Å². The van der Waals surface area contributed by atoms with Crippen LogP contribution >= 0.6 is 11.6 Å². The van der Waals surface area contributed by atoms with Gasteiger partial charge in [0.25, 0.3) is 5.56 Å². The second-order valence-electron chi connectivity index (χ2n) is 9.53. The molecular formula is C25H34ClFN4O2. The predicted molar refractivity (Wildman–Crippen MR) is 131 cm³/mol. The lowest BCUT2D eigenvalue weighted by Gasteiger charge is -2.41. The minimum Gasteiger partial charge on any atom is -0.382 e. The van der Waals surface area contributed by atoms with Crippen LogP contribution in [0.4, 0.5) is 15.8 Å². The number of anilines is 2. The van der Waals surface area contributed by atoms with E-state index in [0.717, 1.165) is 64.0 Å². The molecule has 0 radical (unpaired) electrons. The van der Waals surface area contributed by atoms with E-state index in [4.69, 9.17) is 16.3 Å². The maximum absolute atomic E-state index is 13.4. The summed E-state index contributed by atoms with van der Waals surface area (Å²) in [4.78, 5) is 15.3. The Balaban J connectivity index is 1.40. The fraction of sp³-hybridized carbons (Fsp3) is 0.600. The molecule has 4 rings (SSSR count). The van der Waals surface area contributed by atoms with E-state index in [-0.39, 0.29) is 22.4 Å². The zero-order valence-corrected chi connectivity index (χ0v) is 20.2. The van der Waals surface area contributed by atoms with Crippen LogP contribution in [0.1, 0.15) is 58.4 Å². The monoisotopic (exact) mass is 476 g/mol. The summed E-state index contributed by atoms with van der Waals surface area (Å²) >= 11 is 6.44. The first-order valence-corrected chi connectivity index (χ1v) is 12.4. The van der Waals surface area contributed by atoms with E-state index < -0.39 is 0 Å². The lowest BCUT2D eigenvalue weighted by atomic mass is 9.89. The molecule has 1 aliphatic heterocycles. The average molecular weight is 477 g/mol. The zero-order chi connectivity index (χ0) is 23.4. The Kier molecular flexibility index (Phi) is 7.91. The van der Waals surface area contributed by atoms with Crippen molar-refractivity contribution in [3.63, 3.8) is 0 Å². The van der Waals surface area contributed by atoms with Gasteiger partial charge in [0.1, 0.15) is 10.8 Å². The van der Waals surface area contributed by atoms with Gasteiger partial charge in [-0.1, -0.05) is 11.6 Å². The molecule has 1 N–H and O–H groups in total. The molecule has 2 fully saturated rings. The molecule has 180 valence electrons. The predicted octanol–water partition coefficient (Wildman–Crippen LogP) is 5.27. The Hall–Kier alpha value is -2.12. The van der Waals surface area contributed by atoms with Crippen LogP contribution in [-0.4, -0.2) is 41.6 Å². The van der Waals surface area contributed by atoms with Crippen LogP contribution in [-0.2, 0) is 4.74 Å². The summed E-state index contributed by atoms with van der Waals surface area (Å²) in [5, 5.41) is 7.97. The van der Waals surface area contributed by atoms with Crippen LogP contribution < -0.4 is 15.8 Å². The van der Waals surface area contributed by atoms with Crippen molar-refractivity contribution in [3.8, 4) is 0 Å². The summed E-state index contributed by atoms with van der Waals surface area (Å²) in [5.41, 5.74) is 1.40. The number of ether oxygens (including phenoxy) is 1. The molecule has 0 bridgehead atoms. The van der Waals surface area contributed by atoms with Crippen molar-refractivity contribution in [1.29, 1.82) is 0 Å². The van der Waals surface area contributed by atoms with E-state index in [1.54, 1.807) is 10.9 Å². The second-order valence-corrected chi connectivity index (χ2v) is 9.90. The second kappa shape index (κ2) is 10.9. The Morgan fingerprint density at radius 2 is 1.94 bits per heavy atom. The Labute approximate surface area is 200 Å². The maximum atomic E-state index is 13.4. The lowest BCUT2D eigenvalue weighted by Crippen LogP contribution is -2.43. The van der Waals surface area contributed by atoms with Crippen LogP contribution in [0, 0.1) is 11.7 Å². The summed E-state index contributed by atoms with van der Waals surface area (Å²) in [7, 11) is 0. The minimum atomic E-state index is -0.232. The van der Waals surface area contributed by atoms with Crippen molar-refractivity contribution >= 4 is 23.0 Å². The molecule has 0 spiro atoms. The van der Waals surface area contributed by atoms with Gasteiger partial charge in [0.05, 0.1) is 24.5 Å². The van der Waals surface area contributed by atoms with E-state index in [9.17, 15) is 9.18 Å². The fourth-order valence-electron chi connectivity index (χ4n) is 5.18. The first-order chi connectivity index (χ1) is 15.9. The average Bonchev–Trinajstić information content (AvgIpc) is 2.82. The van der Waals surface area contributed by atoms with Gasteiger partial charge in [-0.25, -0.2) is 9.07 Å². The molecule has 8 heteroatoms. The third kappa shape index (κ3) is 5.69. The molecule has 0 unspecified atom stereocenters. The van der Waals surface area contributed by atoms with E-state index in [0.29, 0.717) is 23.7 Å². The van der Waals surface area contributed by atoms with E-state index in [2.05, 4.69) is 29.2 Å². The van der Waals surface area contributed by atoms with E-state index in [1.807, 2.05) is 12.1 Å². The van der Waals surface area contributed by atoms with Gasteiger partial charge in [0.15, 0.2) is 0 Å². The SMILES string of the molecule is CC(C)N(c1ccc(F)cc1)C1CCC(n2ncc(NC[C@@H]3CCCOC3)c(Cl)c2=O)CC1. The van der Waals surface area contributed by atoms with Crippen LogP contribution in [0.5, 0.6) is 0 Å². The van der Waals surface area contributed by atoms with Crippen molar-refractivity contribution in [3.05, 3.63) is 51.7 Å². The number of nitrogens with one attached hydrogen (secondary N) is 1. The summed E-state index contributed by atoms with van der Waals surface area (Å²) in [6, 6.07) is 7.40. The van der Waals surface area contributed by atoms with Gasteiger partial charge in [-0.3, -0.25) is 4.79 Å². The standard InChI is InChI=1S/C25H34ClFN4O2/c1-17(2)30(20-7-5-19(27)6-8-20)21-9-11-22(12-10-21)31-25(32)24(26)23(15-29-31)28-14-18-4-3-13-33-16-18/h5-8,15,17-18,21-22,28H,3-4,9-14,16H2,1-2H3/t18-,21?,22?/m0/s1. The van der Waals surface area contributed by atoms with Crippen molar-refractivity contribution < 1.29 is 9.13 Å². The third-order valence-corrected chi connectivity index (χ3v) is 7.23. The molecule has 2 heterocycles. The Bertz CT molecular complexity index is 967. The molecule has 1 saturated heterocycles. The fourth-order valence-corrected chi connectivity index (χ4v) is 5.38. The largest absolute Gasteiger partial charge is 0.382 e. The third-order valence-electron chi connectivity index (χ3n) is 6.87. The molecule has 1 atom stereocenters. The number of benzene rings is 1. The van der Waals surface area contributed by atoms with Crippen LogP contribution in [0.2, 0.25) is 5.02 Å². The zero-order valence-electron chi connectivity index (χ0n) is 19.5. The van der Waals surface area contributed by atoms with Gasteiger partial charge in [0, 0.05) is 30.9 Å². The molecule has 1 saturated carbocycles. The van der Waals surface area contributed by atoms with Crippen molar-refractivity contribution in [2.45, 2.75) is 70.5 Å². The molecule has 2 aliphatic rings. The smallest absolute Gasteiger partial charge is 0.287 e. The number of rotatable bonds is 7. The number of aromatic nitrogens is 2. The van der Waals surface area contributed by atoms with Gasteiger partial charge >= 0.3 is 0 Å². The van der Waals surface area contributed by atoms with Gasteiger partial charge in [-0.2, -0.15) is 5.10 Å². The highest BCUT2D eigenvalue weighted by Crippen LogP contribution is 2.34. The summed E-state index contributed by atoms with van der Waals surface area (Å²) in [6.45, 7) is 6.61. The highest BCUT2D eigenvalue weighted by atomic mass is 35.5. The lowest BCUT2D eigenvalue weighted by molar-refractivity contribution is 0.0595. The molecule has 1 aromatic heterocycles. The van der Waals surface area contributed by atoms with Crippen LogP contribution in [0.25, 0.3) is 0 Å². The molecule has 6 nitrogen and oxygen atoms in total. The van der Waals surface area contributed by atoms with E-state index in [1.165, 1.54) is 12.1 Å². The molecule has 1 aliphatic carbocycles.